The molecular weight excluding hydrogens is 262 g/mol. The van der Waals surface area contributed by atoms with Crippen LogP contribution in [0.3, 0.4) is 0 Å². The van der Waals surface area contributed by atoms with E-state index in [0.717, 1.165) is 50.2 Å². The van der Waals surface area contributed by atoms with Gasteiger partial charge in [0.05, 0.1) is 0 Å². The third-order valence-electron chi connectivity index (χ3n) is 3.68. The summed E-state index contributed by atoms with van der Waals surface area (Å²) in [4.78, 5) is 13.9. The van der Waals surface area contributed by atoms with Gasteiger partial charge in [0.15, 0.2) is 0 Å². The predicted molar refractivity (Wildman–Crippen MR) is 87.5 cm³/mol. The molecule has 0 unspecified atom stereocenters. The topological polar surface area (TPSA) is 44.3 Å². The number of piperazine rings is 1. The Balaban J connectivity index is 1.83. The van der Waals surface area contributed by atoms with Gasteiger partial charge in [-0.15, -0.1) is 0 Å². The van der Waals surface area contributed by atoms with Crippen LogP contribution in [0.2, 0.25) is 0 Å². The summed E-state index contributed by atoms with van der Waals surface area (Å²) in [5.41, 5.74) is 1.14. The molecule has 0 aliphatic carbocycles. The third kappa shape index (κ3) is 5.25. The molecule has 1 fully saturated rings. The Kier molecular flexibility index (Phi) is 5.94. The molecule has 0 bridgehead atoms. The van der Waals surface area contributed by atoms with E-state index in [1.807, 2.05) is 12.4 Å². The maximum atomic E-state index is 4.52. The van der Waals surface area contributed by atoms with E-state index in [0.29, 0.717) is 6.04 Å². The molecule has 1 saturated heterocycles. The molecule has 118 valence electrons. The van der Waals surface area contributed by atoms with Crippen LogP contribution in [-0.2, 0) is 6.54 Å². The van der Waals surface area contributed by atoms with Crippen molar-refractivity contribution in [3.05, 3.63) is 18.0 Å². The van der Waals surface area contributed by atoms with Gasteiger partial charge in [0, 0.05) is 63.3 Å². The first-order valence-corrected chi connectivity index (χ1v) is 8.06. The number of hydrogen-bond donors (Lipinski definition) is 1. The second-order valence-corrected chi connectivity index (χ2v) is 6.61. The van der Waals surface area contributed by atoms with Crippen LogP contribution in [0.25, 0.3) is 0 Å². The SMILES string of the molecule is CC(C)CN1CCN(c2ncc(CNC(C)C)cn2)CC1. The average molecular weight is 291 g/mol. The van der Waals surface area contributed by atoms with Crippen molar-refractivity contribution in [1.29, 1.82) is 0 Å². The summed E-state index contributed by atoms with van der Waals surface area (Å²) in [5.74, 6) is 1.60. The highest BCUT2D eigenvalue weighted by Gasteiger charge is 2.19. The first-order chi connectivity index (χ1) is 10.0. The van der Waals surface area contributed by atoms with Gasteiger partial charge in [-0.1, -0.05) is 27.7 Å². The van der Waals surface area contributed by atoms with Gasteiger partial charge in [-0.05, 0) is 5.92 Å². The van der Waals surface area contributed by atoms with Crippen molar-refractivity contribution in [3.8, 4) is 0 Å². The Bertz CT molecular complexity index is 407. The van der Waals surface area contributed by atoms with Gasteiger partial charge >= 0.3 is 0 Å². The zero-order chi connectivity index (χ0) is 15.2. The summed E-state index contributed by atoms with van der Waals surface area (Å²) in [7, 11) is 0. The molecule has 21 heavy (non-hydrogen) atoms. The summed E-state index contributed by atoms with van der Waals surface area (Å²) in [6.45, 7) is 15.1. The summed E-state index contributed by atoms with van der Waals surface area (Å²) in [6, 6.07) is 0.485. The minimum Gasteiger partial charge on any atom is -0.338 e. The Morgan fingerprint density at radius 1 is 1.05 bits per heavy atom. The minimum absolute atomic E-state index is 0.485. The molecule has 1 aliphatic heterocycles. The van der Waals surface area contributed by atoms with Crippen LogP contribution in [0.5, 0.6) is 0 Å². The summed E-state index contributed by atoms with van der Waals surface area (Å²) in [5, 5.41) is 3.38. The molecule has 0 atom stereocenters. The second-order valence-electron chi connectivity index (χ2n) is 6.61. The molecule has 5 nitrogen and oxygen atoms in total. The van der Waals surface area contributed by atoms with Crippen LogP contribution in [0.1, 0.15) is 33.3 Å². The lowest BCUT2D eigenvalue weighted by Gasteiger charge is -2.35. The largest absolute Gasteiger partial charge is 0.338 e. The Morgan fingerprint density at radius 3 is 2.19 bits per heavy atom. The highest BCUT2D eigenvalue weighted by Crippen LogP contribution is 2.12. The summed E-state index contributed by atoms with van der Waals surface area (Å²) >= 11 is 0. The van der Waals surface area contributed by atoms with E-state index in [-0.39, 0.29) is 0 Å². The Morgan fingerprint density at radius 2 is 1.67 bits per heavy atom. The number of hydrogen-bond acceptors (Lipinski definition) is 5. The highest BCUT2D eigenvalue weighted by molar-refractivity contribution is 5.30. The van der Waals surface area contributed by atoms with Crippen LogP contribution in [0.15, 0.2) is 12.4 Å². The zero-order valence-electron chi connectivity index (χ0n) is 13.8. The van der Waals surface area contributed by atoms with Gasteiger partial charge in [-0.3, -0.25) is 4.90 Å². The zero-order valence-corrected chi connectivity index (χ0v) is 13.8. The van der Waals surface area contributed by atoms with Crippen LogP contribution in [0, 0.1) is 5.92 Å². The maximum Gasteiger partial charge on any atom is 0.225 e. The number of aromatic nitrogens is 2. The van der Waals surface area contributed by atoms with Crippen LogP contribution in [-0.4, -0.2) is 53.6 Å². The molecule has 0 amide bonds. The smallest absolute Gasteiger partial charge is 0.225 e. The molecule has 0 saturated carbocycles. The lowest BCUT2D eigenvalue weighted by Crippen LogP contribution is -2.48. The lowest BCUT2D eigenvalue weighted by molar-refractivity contribution is 0.230. The molecule has 2 heterocycles. The van der Waals surface area contributed by atoms with Crippen molar-refractivity contribution in [2.75, 3.05) is 37.6 Å². The summed E-state index contributed by atoms with van der Waals surface area (Å²) in [6.07, 6.45) is 3.89. The Labute approximate surface area is 128 Å². The molecule has 5 heteroatoms. The molecule has 1 aliphatic rings. The van der Waals surface area contributed by atoms with Crippen LogP contribution < -0.4 is 10.2 Å². The van der Waals surface area contributed by atoms with Gasteiger partial charge in [-0.25, -0.2) is 9.97 Å². The standard InChI is InChI=1S/C16H29N5/c1-13(2)12-20-5-7-21(8-6-20)16-18-10-15(11-19-16)9-17-14(3)4/h10-11,13-14,17H,5-9,12H2,1-4H3. The van der Waals surface area contributed by atoms with Gasteiger partial charge < -0.3 is 10.2 Å². The van der Waals surface area contributed by atoms with Crippen molar-refractivity contribution < 1.29 is 0 Å². The molecule has 1 aromatic heterocycles. The first-order valence-electron chi connectivity index (χ1n) is 8.06. The first kappa shape index (κ1) is 16.2. The van der Waals surface area contributed by atoms with Gasteiger partial charge in [0.1, 0.15) is 0 Å². The van der Waals surface area contributed by atoms with Crippen molar-refractivity contribution in [2.45, 2.75) is 40.3 Å². The lowest BCUT2D eigenvalue weighted by atomic mass is 10.2. The second kappa shape index (κ2) is 7.71. The van der Waals surface area contributed by atoms with E-state index in [9.17, 15) is 0 Å². The fourth-order valence-electron chi connectivity index (χ4n) is 2.57. The van der Waals surface area contributed by atoms with Gasteiger partial charge in [-0.2, -0.15) is 0 Å². The van der Waals surface area contributed by atoms with Crippen molar-refractivity contribution in [2.24, 2.45) is 5.92 Å². The number of rotatable bonds is 6. The van der Waals surface area contributed by atoms with E-state index in [1.54, 1.807) is 0 Å². The van der Waals surface area contributed by atoms with Crippen LogP contribution in [0.4, 0.5) is 5.95 Å². The minimum atomic E-state index is 0.485. The van der Waals surface area contributed by atoms with Gasteiger partial charge in [0.25, 0.3) is 0 Å². The monoisotopic (exact) mass is 291 g/mol. The van der Waals surface area contributed by atoms with Crippen molar-refractivity contribution in [1.82, 2.24) is 20.2 Å². The van der Waals surface area contributed by atoms with Crippen molar-refractivity contribution >= 4 is 5.95 Å². The molecule has 0 aromatic carbocycles. The van der Waals surface area contributed by atoms with Gasteiger partial charge in [0.2, 0.25) is 5.95 Å². The maximum absolute atomic E-state index is 4.52. The fourth-order valence-corrected chi connectivity index (χ4v) is 2.57. The van der Waals surface area contributed by atoms with E-state index in [2.05, 4.69) is 52.8 Å². The fraction of sp³-hybridized carbons (Fsp3) is 0.750. The van der Waals surface area contributed by atoms with E-state index in [4.69, 9.17) is 0 Å². The molecule has 1 N–H and O–H groups in total. The molecule has 0 spiro atoms. The molecule has 1 aromatic rings. The molecular formula is C16H29N5. The predicted octanol–water partition coefficient (Wildman–Crippen LogP) is 1.75. The summed E-state index contributed by atoms with van der Waals surface area (Å²) < 4.78 is 0. The third-order valence-corrected chi connectivity index (χ3v) is 3.68. The Hall–Kier alpha value is -1.20. The molecule has 2 rings (SSSR count). The number of anilines is 1. The van der Waals surface area contributed by atoms with E-state index < -0.39 is 0 Å². The van der Waals surface area contributed by atoms with E-state index in [1.165, 1.54) is 6.54 Å². The number of nitrogens with one attached hydrogen (secondary N) is 1. The van der Waals surface area contributed by atoms with Crippen molar-refractivity contribution in [3.63, 3.8) is 0 Å². The quantitative estimate of drug-likeness (QED) is 0.865. The normalized spacial score (nSPS) is 17.0. The number of nitrogens with zero attached hydrogens (tertiary/aromatic N) is 4. The average Bonchev–Trinajstić information content (AvgIpc) is 2.46. The molecule has 0 radical (unpaired) electrons. The van der Waals surface area contributed by atoms with Crippen LogP contribution >= 0.6 is 0 Å². The van der Waals surface area contributed by atoms with E-state index >= 15 is 0 Å². The highest BCUT2D eigenvalue weighted by atomic mass is 15.3.